The molecule has 2 aliphatic heterocycles. The van der Waals surface area contributed by atoms with Gasteiger partial charge in [-0.1, -0.05) is 6.07 Å². The van der Waals surface area contributed by atoms with Crippen LogP contribution in [0.5, 0.6) is 5.75 Å². The van der Waals surface area contributed by atoms with Crippen LogP contribution in [-0.4, -0.2) is 23.5 Å². The van der Waals surface area contributed by atoms with Crippen LogP contribution in [0.15, 0.2) is 42.5 Å². The topological polar surface area (TPSA) is 60.9 Å². The summed E-state index contributed by atoms with van der Waals surface area (Å²) < 4.78 is 0. The Bertz CT molecular complexity index is 798. The Morgan fingerprint density at radius 1 is 0.913 bits per heavy atom. The molecule has 4 rings (SSSR count). The predicted molar refractivity (Wildman–Crippen MR) is 86.6 cm³/mol. The normalized spacial score (nSPS) is 17.0. The van der Waals surface area contributed by atoms with E-state index in [1.165, 1.54) is 0 Å². The van der Waals surface area contributed by atoms with Gasteiger partial charge < -0.3 is 14.9 Å². The molecule has 0 unspecified atom stereocenters. The van der Waals surface area contributed by atoms with Gasteiger partial charge in [-0.05, 0) is 42.8 Å². The third-order valence-electron chi connectivity index (χ3n) is 4.49. The van der Waals surface area contributed by atoms with Gasteiger partial charge in [0.2, 0.25) is 5.91 Å². The molecular formula is C18H16N2O3. The average molecular weight is 308 g/mol. The number of nitrogens with zero attached hydrogens (tertiary/aromatic N) is 2. The third-order valence-corrected chi connectivity index (χ3v) is 4.49. The molecular weight excluding hydrogens is 292 g/mol. The van der Waals surface area contributed by atoms with Gasteiger partial charge in [0.15, 0.2) is 0 Å². The Morgan fingerprint density at radius 3 is 2.22 bits per heavy atom. The zero-order valence-corrected chi connectivity index (χ0v) is 12.5. The van der Waals surface area contributed by atoms with Crippen LogP contribution in [-0.2, 0) is 11.3 Å². The van der Waals surface area contributed by atoms with Gasteiger partial charge in [0, 0.05) is 35.5 Å². The summed E-state index contributed by atoms with van der Waals surface area (Å²) in [6.45, 7) is 1.11. The molecule has 1 fully saturated rings. The molecule has 0 saturated carbocycles. The number of carbonyl (C=O) groups excluding carboxylic acids is 2. The molecule has 2 aliphatic rings. The molecule has 116 valence electrons. The van der Waals surface area contributed by atoms with Gasteiger partial charge in [-0.25, -0.2) is 0 Å². The maximum Gasteiger partial charge on any atom is 0.259 e. The second kappa shape index (κ2) is 5.12. The summed E-state index contributed by atoms with van der Waals surface area (Å²) in [5, 5.41) is 9.91. The van der Waals surface area contributed by atoms with E-state index in [4.69, 9.17) is 0 Å². The lowest BCUT2D eigenvalue weighted by molar-refractivity contribution is -0.117. The van der Waals surface area contributed by atoms with Crippen LogP contribution >= 0.6 is 0 Å². The number of phenols is 1. The second-order valence-electron chi connectivity index (χ2n) is 5.86. The number of hydrogen-bond donors (Lipinski definition) is 1. The average Bonchev–Trinajstić information content (AvgIpc) is 3.13. The number of phenolic OH excluding ortho intramolecular Hbond substituents is 1. The van der Waals surface area contributed by atoms with Gasteiger partial charge in [-0.2, -0.15) is 0 Å². The number of carbonyl (C=O) groups is 2. The van der Waals surface area contributed by atoms with E-state index in [1.807, 2.05) is 24.3 Å². The minimum Gasteiger partial charge on any atom is -0.508 e. The molecule has 2 aromatic carbocycles. The fourth-order valence-electron chi connectivity index (χ4n) is 3.26. The molecule has 5 heteroatoms. The Kier molecular flexibility index (Phi) is 3.08. The van der Waals surface area contributed by atoms with E-state index < -0.39 is 0 Å². The van der Waals surface area contributed by atoms with Crippen LogP contribution in [0.4, 0.5) is 11.4 Å². The molecule has 0 atom stereocenters. The number of aromatic hydroxyl groups is 1. The first-order chi connectivity index (χ1) is 11.1. The van der Waals surface area contributed by atoms with Gasteiger partial charge in [-0.15, -0.1) is 0 Å². The van der Waals surface area contributed by atoms with E-state index in [2.05, 4.69) is 0 Å². The quantitative estimate of drug-likeness (QED) is 0.928. The number of fused-ring (bicyclic) bond motifs is 1. The van der Waals surface area contributed by atoms with Crippen LogP contribution in [0, 0.1) is 0 Å². The Hall–Kier alpha value is -2.82. The largest absolute Gasteiger partial charge is 0.508 e. The van der Waals surface area contributed by atoms with Crippen molar-refractivity contribution >= 4 is 23.2 Å². The number of benzene rings is 2. The van der Waals surface area contributed by atoms with E-state index >= 15 is 0 Å². The summed E-state index contributed by atoms with van der Waals surface area (Å²) in [7, 11) is 0. The van der Waals surface area contributed by atoms with E-state index in [0.717, 1.165) is 24.3 Å². The number of hydrogen-bond acceptors (Lipinski definition) is 3. The van der Waals surface area contributed by atoms with Crippen LogP contribution in [0.1, 0.15) is 28.8 Å². The van der Waals surface area contributed by atoms with Crippen molar-refractivity contribution < 1.29 is 14.7 Å². The first-order valence-electron chi connectivity index (χ1n) is 7.68. The van der Waals surface area contributed by atoms with Crippen molar-refractivity contribution in [2.45, 2.75) is 19.4 Å². The van der Waals surface area contributed by atoms with Crippen molar-refractivity contribution in [2.75, 3.05) is 16.3 Å². The molecule has 0 aromatic heterocycles. The third kappa shape index (κ3) is 2.16. The lowest BCUT2D eigenvalue weighted by Gasteiger charge is -2.19. The van der Waals surface area contributed by atoms with E-state index in [1.54, 1.807) is 28.0 Å². The van der Waals surface area contributed by atoms with E-state index in [0.29, 0.717) is 24.1 Å². The predicted octanol–water partition coefficient (Wildman–Crippen LogP) is 2.68. The molecule has 0 aliphatic carbocycles. The fraction of sp³-hybridized carbons (Fsp3) is 0.222. The molecule has 1 saturated heterocycles. The zero-order chi connectivity index (χ0) is 16.0. The highest BCUT2D eigenvalue weighted by molar-refractivity contribution is 6.10. The van der Waals surface area contributed by atoms with Gasteiger partial charge >= 0.3 is 0 Å². The molecule has 2 aromatic rings. The van der Waals surface area contributed by atoms with Crippen molar-refractivity contribution in [3.8, 4) is 5.75 Å². The van der Waals surface area contributed by atoms with Gasteiger partial charge in [0.05, 0.1) is 6.54 Å². The van der Waals surface area contributed by atoms with E-state index in [9.17, 15) is 14.7 Å². The van der Waals surface area contributed by atoms with Crippen LogP contribution in [0.25, 0.3) is 0 Å². The maximum absolute atomic E-state index is 12.5. The highest BCUT2D eigenvalue weighted by Crippen LogP contribution is 2.34. The van der Waals surface area contributed by atoms with Crippen molar-refractivity contribution in [2.24, 2.45) is 0 Å². The number of rotatable bonds is 2. The summed E-state index contributed by atoms with van der Waals surface area (Å²) in [4.78, 5) is 27.7. The highest BCUT2D eigenvalue weighted by atomic mass is 16.3. The molecule has 0 bridgehead atoms. The standard InChI is InChI=1S/C18H16N2O3/c21-16-4-1-3-14-15(16)11-20(18(14)23)13-8-6-12(7-9-13)19-10-2-5-17(19)22/h1,3-4,6-9,21H,2,5,10-11H2. The summed E-state index contributed by atoms with van der Waals surface area (Å²) in [6.07, 6.45) is 1.49. The number of amides is 2. The second-order valence-corrected chi connectivity index (χ2v) is 5.86. The molecule has 23 heavy (non-hydrogen) atoms. The smallest absolute Gasteiger partial charge is 0.259 e. The molecule has 1 N–H and O–H groups in total. The van der Waals surface area contributed by atoms with Crippen molar-refractivity contribution in [3.05, 3.63) is 53.6 Å². The van der Waals surface area contributed by atoms with Crippen molar-refractivity contribution in [3.63, 3.8) is 0 Å². The molecule has 0 radical (unpaired) electrons. The van der Waals surface area contributed by atoms with Crippen LogP contribution in [0.2, 0.25) is 0 Å². The monoisotopic (exact) mass is 308 g/mol. The van der Waals surface area contributed by atoms with Crippen molar-refractivity contribution in [1.82, 2.24) is 0 Å². The van der Waals surface area contributed by atoms with Gasteiger partial charge in [-0.3, -0.25) is 9.59 Å². The Balaban J connectivity index is 1.61. The van der Waals surface area contributed by atoms with Gasteiger partial charge in [0.25, 0.3) is 5.91 Å². The minimum atomic E-state index is -0.110. The molecule has 2 heterocycles. The molecule has 5 nitrogen and oxygen atoms in total. The van der Waals surface area contributed by atoms with Crippen LogP contribution in [0.3, 0.4) is 0 Å². The first-order valence-corrected chi connectivity index (χ1v) is 7.68. The lowest BCUT2D eigenvalue weighted by Crippen LogP contribution is -2.25. The lowest BCUT2D eigenvalue weighted by atomic mass is 10.1. The summed E-state index contributed by atoms with van der Waals surface area (Å²) in [5.41, 5.74) is 2.84. The van der Waals surface area contributed by atoms with Crippen molar-refractivity contribution in [1.29, 1.82) is 0 Å². The number of anilines is 2. The SMILES string of the molecule is O=C1CCCN1c1ccc(N2Cc3c(O)cccc3C2=O)cc1. The van der Waals surface area contributed by atoms with Crippen LogP contribution < -0.4 is 9.80 Å². The molecule has 0 spiro atoms. The molecule has 2 amide bonds. The maximum atomic E-state index is 12.5. The fourth-order valence-corrected chi connectivity index (χ4v) is 3.26. The summed E-state index contributed by atoms with van der Waals surface area (Å²) in [6, 6.07) is 12.4. The first kappa shape index (κ1) is 13.8. The Morgan fingerprint density at radius 2 is 1.61 bits per heavy atom. The summed E-state index contributed by atoms with van der Waals surface area (Å²) in [5.74, 6) is 0.186. The van der Waals surface area contributed by atoms with Gasteiger partial charge in [0.1, 0.15) is 5.75 Å². The summed E-state index contributed by atoms with van der Waals surface area (Å²) >= 11 is 0. The zero-order valence-electron chi connectivity index (χ0n) is 12.5. The van der Waals surface area contributed by atoms with E-state index in [-0.39, 0.29) is 17.6 Å². The highest BCUT2D eigenvalue weighted by Gasteiger charge is 2.30. The Labute approximate surface area is 133 Å². The minimum absolute atomic E-state index is 0.110.